The van der Waals surface area contributed by atoms with Crippen LogP contribution in [0.25, 0.3) is 5.82 Å². The lowest BCUT2D eigenvalue weighted by Gasteiger charge is -2.07. The molecule has 0 radical (unpaired) electrons. The number of amides is 1. The molecule has 0 aliphatic carbocycles. The number of aromatic nitrogens is 3. The van der Waals surface area contributed by atoms with E-state index in [1.807, 2.05) is 0 Å². The van der Waals surface area contributed by atoms with E-state index in [1.54, 1.807) is 32.4 Å². The van der Waals surface area contributed by atoms with Gasteiger partial charge in [0.1, 0.15) is 0 Å². The Morgan fingerprint density at radius 2 is 2.22 bits per heavy atom. The number of halogens is 1. The summed E-state index contributed by atoms with van der Waals surface area (Å²) in [6, 6.07) is 3.19. The molecule has 0 spiro atoms. The van der Waals surface area contributed by atoms with Gasteiger partial charge in [0.2, 0.25) is 0 Å². The molecular weight excluding hydrogens is 254 g/mol. The zero-order chi connectivity index (χ0) is 13.3. The second-order valence-electron chi connectivity index (χ2n) is 3.91. The van der Waals surface area contributed by atoms with Crippen LogP contribution in [0.2, 0.25) is 5.02 Å². The van der Waals surface area contributed by atoms with E-state index < -0.39 is 0 Å². The summed E-state index contributed by atoms with van der Waals surface area (Å²) in [4.78, 5) is 17.2. The molecule has 0 aliphatic heterocycles. The SMILES string of the molecule is CN(C)C(=O)c1ccn(-c2ncc(Cl)cc2N)n1. The molecule has 2 heterocycles. The van der Waals surface area contributed by atoms with Crippen LogP contribution in [-0.2, 0) is 0 Å². The molecule has 0 saturated carbocycles. The van der Waals surface area contributed by atoms with E-state index in [1.165, 1.54) is 15.8 Å². The zero-order valence-electron chi connectivity index (χ0n) is 9.96. The normalized spacial score (nSPS) is 10.4. The summed E-state index contributed by atoms with van der Waals surface area (Å²) in [5, 5.41) is 4.58. The van der Waals surface area contributed by atoms with E-state index in [4.69, 9.17) is 17.3 Å². The first-order valence-corrected chi connectivity index (χ1v) is 5.55. The fourth-order valence-electron chi connectivity index (χ4n) is 1.42. The maximum absolute atomic E-state index is 11.7. The standard InChI is InChI=1S/C11H12ClN5O/c1-16(2)11(18)9-3-4-17(15-9)10-8(13)5-7(12)6-14-10/h3-6H,13H2,1-2H3. The average Bonchev–Trinajstić information content (AvgIpc) is 2.77. The minimum absolute atomic E-state index is 0.179. The highest BCUT2D eigenvalue weighted by Gasteiger charge is 2.13. The zero-order valence-corrected chi connectivity index (χ0v) is 10.7. The van der Waals surface area contributed by atoms with Gasteiger partial charge in [-0.05, 0) is 12.1 Å². The van der Waals surface area contributed by atoms with Gasteiger partial charge in [-0.15, -0.1) is 0 Å². The minimum Gasteiger partial charge on any atom is -0.396 e. The summed E-state index contributed by atoms with van der Waals surface area (Å²) in [5.74, 6) is 0.262. The highest BCUT2D eigenvalue weighted by Crippen LogP contribution is 2.18. The highest BCUT2D eigenvalue weighted by atomic mass is 35.5. The van der Waals surface area contributed by atoms with E-state index >= 15 is 0 Å². The molecular formula is C11H12ClN5O. The van der Waals surface area contributed by atoms with Gasteiger partial charge in [-0.25, -0.2) is 9.67 Å². The summed E-state index contributed by atoms with van der Waals surface area (Å²) in [7, 11) is 3.33. The van der Waals surface area contributed by atoms with E-state index in [2.05, 4.69) is 10.1 Å². The molecule has 2 N–H and O–H groups in total. The average molecular weight is 266 g/mol. The molecule has 7 heteroatoms. The van der Waals surface area contributed by atoms with Crippen LogP contribution < -0.4 is 5.73 Å². The molecule has 0 aromatic carbocycles. The van der Waals surface area contributed by atoms with Crippen molar-refractivity contribution in [3.63, 3.8) is 0 Å². The Hall–Kier alpha value is -2.08. The second kappa shape index (κ2) is 4.66. The van der Waals surface area contributed by atoms with Gasteiger partial charge in [-0.3, -0.25) is 4.79 Å². The van der Waals surface area contributed by atoms with Gasteiger partial charge in [-0.1, -0.05) is 11.6 Å². The predicted molar refractivity (Wildman–Crippen MR) is 68.8 cm³/mol. The van der Waals surface area contributed by atoms with Gasteiger partial charge in [0, 0.05) is 26.5 Å². The van der Waals surface area contributed by atoms with E-state index in [9.17, 15) is 4.79 Å². The Morgan fingerprint density at radius 3 is 2.83 bits per heavy atom. The molecule has 0 atom stereocenters. The van der Waals surface area contributed by atoms with Crippen LogP contribution in [0.15, 0.2) is 24.5 Å². The van der Waals surface area contributed by atoms with Crippen LogP contribution in [0.5, 0.6) is 0 Å². The van der Waals surface area contributed by atoms with Crippen molar-refractivity contribution in [2.24, 2.45) is 0 Å². The first-order valence-electron chi connectivity index (χ1n) is 5.18. The first-order chi connectivity index (χ1) is 8.49. The summed E-state index contributed by atoms with van der Waals surface area (Å²) < 4.78 is 1.45. The van der Waals surface area contributed by atoms with Crippen molar-refractivity contribution in [2.75, 3.05) is 19.8 Å². The molecule has 94 valence electrons. The summed E-state index contributed by atoms with van der Waals surface area (Å²) in [5.41, 5.74) is 6.52. The maximum Gasteiger partial charge on any atom is 0.273 e. The number of rotatable bonds is 2. The molecule has 18 heavy (non-hydrogen) atoms. The quantitative estimate of drug-likeness (QED) is 0.885. The van der Waals surface area contributed by atoms with Crippen LogP contribution in [0.3, 0.4) is 0 Å². The molecule has 0 unspecified atom stereocenters. The Morgan fingerprint density at radius 1 is 1.50 bits per heavy atom. The molecule has 6 nitrogen and oxygen atoms in total. The van der Waals surface area contributed by atoms with E-state index in [0.717, 1.165) is 0 Å². The van der Waals surface area contributed by atoms with Crippen LogP contribution >= 0.6 is 11.6 Å². The molecule has 0 aliphatic rings. The third-order valence-corrected chi connectivity index (χ3v) is 2.50. The van der Waals surface area contributed by atoms with Crippen molar-refractivity contribution in [3.8, 4) is 5.82 Å². The van der Waals surface area contributed by atoms with E-state index in [-0.39, 0.29) is 5.91 Å². The Kier molecular flexibility index (Phi) is 3.20. The summed E-state index contributed by atoms with van der Waals surface area (Å²) in [6.45, 7) is 0. The van der Waals surface area contributed by atoms with Crippen molar-refractivity contribution >= 4 is 23.2 Å². The third-order valence-electron chi connectivity index (χ3n) is 2.29. The lowest BCUT2D eigenvalue weighted by Crippen LogP contribution is -2.22. The van der Waals surface area contributed by atoms with Crippen LogP contribution in [-0.4, -0.2) is 39.7 Å². The fraction of sp³-hybridized carbons (Fsp3) is 0.182. The largest absolute Gasteiger partial charge is 0.396 e. The molecule has 2 rings (SSSR count). The molecule has 2 aromatic rings. The summed E-state index contributed by atoms with van der Waals surface area (Å²) in [6.07, 6.45) is 3.10. The molecule has 2 aromatic heterocycles. The number of pyridine rings is 1. The lowest BCUT2D eigenvalue weighted by molar-refractivity contribution is 0.0821. The second-order valence-corrected chi connectivity index (χ2v) is 4.35. The molecule has 0 fully saturated rings. The number of hydrogen-bond acceptors (Lipinski definition) is 4. The minimum atomic E-state index is -0.179. The number of carbonyl (C=O) groups excluding carboxylic acids is 1. The Bertz CT molecular complexity index is 593. The molecule has 0 saturated heterocycles. The lowest BCUT2D eigenvalue weighted by atomic mass is 10.4. The van der Waals surface area contributed by atoms with Gasteiger partial charge in [0.25, 0.3) is 5.91 Å². The third kappa shape index (κ3) is 2.28. The monoisotopic (exact) mass is 265 g/mol. The first kappa shape index (κ1) is 12.4. The van der Waals surface area contributed by atoms with Crippen molar-refractivity contribution < 1.29 is 4.79 Å². The number of hydrogen-bond donors (Lipinski definition) is 1. The number of anilines is 1. The van der Waals surface area contributed by atoms with Crippen molar-refractivity contribution in [1.29, 1.82) is 0 Å². The van der Waals surface area contributed by atoms with Crippen LogP contribution in [0.4, 0.5) is 5.69 Å². The molecule has 1 amide bonds. The molecule has 0 bridgehead atoms. The van der Waals surface area contributed by atoms with Gasteiger partial charge >= 0.3 is 0 Å². The van der Waals surface area contributed by atoms with Crippen LogP contribution in [0, 0.1) is 0 Å². The van der Waals surface area contributed by atoms with Crippen molar-refractivity contribution in [3.05, 3.63) is 35.2 Å². The number of carbonyl (C=O) groups is 1. The van der Waals surface area contributed by atoms with Gasteiger partial charge in [0.15, 0.2) is 11.5 Å². The predicted octanol–water partition coefficient (Wildman–Crippen LogP) is 1.20. The smallest absolute Gasteiger partial charge is 0.273 e. The topological polar surface area (TPSA) is 77.0 Å². The number of nitrogens with two attached hydrogens (primary N) is 1. The summed E-state index contributed by atoms with van der Waals surface area (Å²) >= 11 is 5.77. The van der Waals surface area contributed by atoms with E-state index in [0.29, 0.717) is 22.2 Å². The van der Waals surface area contributed by atoms with Crippen LogP contribution in [0.1, 0.15) is 10.5 Å². The Balaban J connectivity index is 2.38. The van der Waals surface area contributed by atoms with Gasteiger partial charge in [0.05, 0.1) is 10.7 Å². The highest BCUT2D eigenvalue weighted by molar-refractivity contribution is 6.30. The van der Waals surface area contributed by atoms with Gasteiger partial charge in [-0.2, -0.15) is 5.10 Å². The Labute approximate surface area is 109 Å². The van der Waals surface area contributed by atoms with Crippen molar-refractivity contribution in [1.82, 2.24) is 19.7 Å². The number of nitrogens with zero attached hydrogens (tertiary/aromatic N) is 4. The maximum atomic E-state index is 11.7. The fourth-order valence-corrected chi connectivity index (χ4v) is 1.59. The van der Waals surface area contributed by atoms with Crippen molar-refractivity contribution in [2.45, 2.75) is 0 Å². The van der Waals surface area contributed by atoms with Gasteiger partial charge < -0.3 is 10.6 Å². The number of nitrogen functional groups attached to an aromatic ring is 1.